The molecule has 0 bridgehead atoms. The predicted octanol–water partition coefficient (Wildman–Crippen LogP) is 2.01. The third kappa shape index (κ3) is 1.89. The van der Waals surface area contributed by atoms with Gasteiger partial charge in [-0.2, -0.15) is 5.10 Å². The lowest BCUT2D eigenvalue weighted by molar-refractivity contribution is 0.110. The molecule has 1 aliphatic rings. The maximum absolute atomic E-state index is 6.34. The van der Waals surface area contributed by atoms with Crippen LogP contribution in [-0.4, -0.2) is 26.4 Å². The van der Waals surface area contributed by atoms with Crippen molar-refractivity contribution < 1.29 is 4.74 Å². The minimum atomic E-state index is 0.525. The van der Waals surface area contributed by atoms with Crippen LogP contribution in [0.4, 0.5) is 0 Å². The minimum absolute atomic E-state index is 0.525. The van der Waals surface area contributed by atoms with Crippen molar-refractivity contribution in [1.82, 2.24) is 19.7 Å². The Balaban J connectivity index is 2.14. The molecule has 0 radical (unpaired) electrons. The SMILES string of the molecule is Cc1cc(-n2nc3c(c2Cl)COCC3)nc(C)n1. The largest absolute Gasteiger partial charge is 0.376 e. The van der Waals surface area contributed by atoms with Crippen LogP contribution in [0.25, 0.3) is 5.82 Å². The van der Waals surface area contributed by atoms with Gasteiger partial charge < -0.3 is 4.74 Å². The normalized spacial score (nSPS) is 14.6. The number of aryl methyl sites for hydroxylation is 2. The van der Waals surface area contributed by atoms with Crippen molar-refractivity contribution >= 4 is 11.6 Å². The first-order valence-electron chi connectivity index (χ1n) is 5.82. The molecule has 0 saturated heterocycles. The number of rotatable bonds is 1. The van der Waals surface area contributed by atoms with Crippen LogP contribution in [-0.2, 0) is 17.8 Å². The van der Waals surface area contributed by atoms with Crippen molar-refractivity contribution in [2.75, 3.05) is 6.61 Å². The number of halogens is 1. The Labute approximate surface area is 110 Å². The zero-order valence-electron chi connectivity index (χ0n) is 10.3. The first kappa shape index (κ1) is 11.6. The van der Waals surface area contributed by atoms with Crippen LogP contribution in [0.3, 0.4) is 0 Å². The molecule has 0 unspecified atom stereocenters. The first-order valence-corrected chi connectivity index (χ1v) is 6.19. The van der Waals surface area contributed by atoms with Gasteiger partial charge in [0.15, 0.2) is 5.82 Å². The van der Waals surface area contributed by atoms with E-state index in [0.717, 1.165) is 23.4 Å². The van der Waals surface area contributed by atoms with Gasteiger partial charge in [0.2, 0.25) is 0 Å². The zero-order chi connectivity index (χ0) is 12.7. The van der Waals surface area contributed by atoms with Crippen molar-refractivity contribution in [1.29, 1.82) is 0 Å². The molecule has 1 aliphatic heterocycles. The van der Waals surface area contributed by atoms with Crippen LogP contribution in [0.1, 0.15) is 22.8 Å². The average molecular weight is 265 g/mol. The minimum Gasteiger partial charge on any atom is -0.376 e. The van der Waals surface area contributed by atoms with E-state index in [0.29, 0.717) is 30.0 Å². The van der Waals surface area contributed by atoms with Crippen molar-refractivity contribution in [3.63, 3.8) is 0 Å². The molecular weight excluding hydrogens is 252 g/mol. The molecule has 0 N–H and O–H groups in total. The Kier molecular flexibility index (Phi) is 2.80. The molecule has 5 nitrogen and oxygen atoms in total. The Morgan fingerprint density at radius 3 is 2.89 bits per heavy atom. The molecule has 2 aromatic heterocycles. The number of hydrogen-bond donors (Lipinski definition) is 0. The average Bonchev–Trinajstić information content (AvgIpc) is 2.66. The highest BCUT2D eigenvalue weighted by Crippen LogP contribution is 2.26. The Morgan fingerprint density at radius 1 is 1.33 bits per heavy atom. The Morgan fingerprint density at radius 2 is 2.17 bits per heavy atom. The van der Waals surface area contributed by atoms with E-state index in [2.05, 4.69) is 15.1 Å². The molecule has 0 amide bonds. The summed E-state index contributed by atoms with van der Waals surface area (Å²) in [5, 5.41) is 5.10. The van der Waals surface area contributed by atoms with E-state index in [1.54, 1.807) is 4.68 Å². The van der Waals surface area contributed by atoms with E-state index >= 15 is 0 Å². The molecule has 0 spiro atoms. The van der Waals surface area contributed by atoms with E-state index in [9.17, 15) is 0 Å². The van der Waals surface area contributed by atoms with Gasteiger partial charge in [-0.25, -0.2) is 14.6 Å². The van der Waals surface area contributed by atoms with E-state index in [1.807, 2.05) is 19.9 Å². The number of ether oxygens (including phenoxy) is 1. The summed E-state index contributed by atoms with van der Waals surface area (Å²) < 4.78 is 7.07. The summed E-state index contributed by atoms with van der Waals surface area (Å²) in [5.74, 6) is 1.42. The maximum Gasteiger partial charge on any atom is 0.159 e. The van der Waals surface area contributed by atoms with Gasteiger partial charge in [-0.1, -0.05) is 11.6 Å². The maximum atomic E-state index is 6.34. The lowest BCUT2D eigenvalue weighted by Crippen LogP contribution is -2.08. The third-order valence-electron chi connectivity index (χ3n) is 2.90. The van der Waals surface area contributed by atoms with Crippen LogP contribution in [0.5, 0.6) is 0 Å². The predicted molar refractivity (Wildman–Crippen MR) is 67.0 cm³/mol. The molecule has 2 aromatic rings. The summed E-state index contributed by atoms with van der Waals surface area (Å²) in [6.07, 6.45) is 0.797. The van der Waals surface area contributed by atoms with Gasteiger partial charge in [-0.3, -0.25) is 0 Å². The van der Waals surface area contributed by atoms with Gasteiger partial charge in [0.25, 0.3) is 0 Å². The summed E-state index contributed by atoms with van der Waals surface area (Å²) in [7, 11) is 0. The van der Waals surface area contributed by atoms with Crippen LogP contribution < -0.4 is 0 Å². The summed E-state index contributed by atoms with van der Waals surface area (Å²) in [4.78, 5) is 8.62. The van der Waals surface area contributed by atoms with Crippen molar-refractivity contribution in [2.45, 2.75) is 26.9 Å². The molecule has 0 atom stereocenters. The topological polar surface area (TPSA) is 52.8 Å². The number of nitrogens with zero attached hydrogens (tertiary/aromatic N) is 4. The molecule has 0 aromatic carbocycles. The lowest BCUT2D eigenvalue weighted by atomic mass is 10.2. The molecule has 0 saturated carbocycles. The second kappa shape index (κ2) is 4.33. The highest BCUT2D eigenvalue weighted by atomic mass is 35.5. The van der Waals surface area contributed by atoms with Gasteiger partial charge in [-0.05, 0) is 13.8 Å². The standard InChI is InChI=1S/C12H13ClN4O/c1-7-5-11(15-8(2)14-7)17-12(13)9-6-18-4-3-10(9)16-17/h5H,3-4,6H2,1-2H3. The van der Waals surface area contributed by atoms with Gasteiger partial charge in [0.05, 0.1) is 18.9 Å². The molecule has 3 rings (SSSR count). The van der Waals surface area contributed by atoms with Crippen LogP contribution in [0.15, 0.2) is 6.07 Å². The molecule has 18 heavy (non-hydrogen) atoms. The molecule has 0 aliphatic carbocycles. The highest BCUT2D eigenvalue weighted by Gasteiger charge is 2.21. The van der Waals surface area contributed by atoms with Crippen molar-refractivity contribution in [2.24, 2.45) is 0 Å². The van der Waals surface area contributed by atoms with Gasteiger partial charge in [-0.15, -0.1) is 0 Å². The third-order valence-corrected chi connectivity index (χ3v) is 3.29. The molecular formula is C12H13ClN4O. The molecule has 3 heterocycles. The van der Waals surface area contributed by atoms with Gasteiger partial charge in [0, 0.05) is 23.7 Å². The molecule has 6 heteroatoms. The summed E-state index contributed by atoms with van der Waals surface area (Å²) >= 11 is 6.34. The molecule has 94 valence electrons. The number of hydrogen-bond acceptors (Lipinski definition) is 4. The second-order valence-corrected chi connectivity index (χ2v) is 4.70. The second-order valence-electron chi connectivity index (χ2n) is 4.35. The zero-order valence-corrected chi connectivity index (χ0v) is 11.0. The van der Waals surface area contributed by atoms with E-state index in [1.165, 1.54) is 0 Å². The Hall–Kier alpha value is -1.46. The number of fused-ring (bicyclic) bond motifs is 1. The van der Waals surface area contributed by atoms with Crippen LogP contribution in [0, 0.1) is 13.8 Å². The van der Waals surface area contributed by atoms with Crippen molar-refractivity contribution in [3.05, 3.63) is 34.0 Å². The van der Waals surface area contributed by atoms with E-state index < -0.39 is 0 Å². The fraction of sp³-hybridized carbons (Fsp3) is 0.417. The van der Waals surface area contributed by atoms with Gasteiger partial charge in [0.1, 0.15) is 11.0 Å². The van der Waals surface area contributed by atoms with Gasteiger partial charge >= 0.3 is 0 Å². The lowest BCUT2D eigenvalue weighted by Gasteiger charge is -2.09. The monoisotopic (exact) mass is 264 g/mol. The first-order chi connectivity index (χ1) is 8.65. The van der Waals surface area contributed by atoms with Crippen LogP contribution >= 0.6 is 11.6 Å². The Bertz CT molecular complexity index is 588. The smallest absolute Gasteiger partial charge is 0.159 e. The summed E-state index contributed by atoms with van der Waals surface area (Å²) in [6.45, 7) is 5.01. The van der Waals surface area contributed by atoms with E-state index in [-0.39, 0.29) is 0 Å². The van der Waals surface area contributed by atoms with E-state index in [4.69, 9.17) is 16.3 Å². The highest BCUT2D eigenvalue weighted by molar-refractivity contribution is 6.30. The quantitative estimate of drug-likeness (QED) is 0.791. The summed E-state index contributed by atoms with van der Waals surface area (Å²) in [6, 6.07) is 1.87. The van der Waals surface area contributed by atoms with Crippen LogP contribution in [0.2, 0.25) is 5.15 Å². The summed E-state index contributed by atoms with van der Waals surface area (Å²) in [5.41, 5.74) is 2.87. The fourth-order valence-electron chi connectivity index (χ4n) is 2.12. The van der Waals surface area contributed by atoms with Crippen molar-refractivity contribution in [3.8, 4) is 5.82 Å². The molecule has 0 fully saturated rings. The fourth-order valence-corrected chi connectivity index (χ4v) is 2.40. The number of aromatic nitrogens is 4.